The van der Waals surface area contributed by atoms with Crippen LogP contribution in [0, 0.1) is 11.6 Å². The number of oxazole rings is 1. The van der Waals surface area contributed by atoms with Gasteiger partial charge in [0.1, 0.15) is 28.4 Å². The van der Waals surface area contributed by atoms with E-state index in [1.165, 1.54) is 69.9 Å². The summed E-state index contributed by atoms with van der Waals surface area (Å²) in [7, 11) is 0.473. The molecule has 1 N–H and O–H groups in total. The summed E-state index contributed by atoms with van der Waals surface area (Å²) in [4.78, 5) is 22.0. The molecule has 0 fully saturated rings. The summed E-state index contributed by atoms with van der Waals surface area (Å²) >= 11 is 0. The third kappa shape index (κ3) is 4.90. The van der Waals surface area contributed by atoms with Gasteiger partial charge in [-0.05, 0) is 48.5 Å². The van der Waals surface area contributed by atoms with Crippen molar-refractivity contribution in [2.75, 3.05) is 31.8 Å². The molecular weight excluding hydrogens is 594 g/mol. The molecule has 13 heteroatoms. The Morgan fingerprint density at radius 3 is 2.41 bits per heavy atom. The van der Waals surface area contributed by atoms with Crippen LogP contribution in [-0.2, 0) is 10.0 Å². The summed E-state index contributed by atoms with van der Waals surface area (Å²) in [5.41, 5.74) is 2.16. The van der Waals surface area contributed by atoms with E-state index in [2.05, 4.69) is 15.3 Å². The summed E-state index contributed by atoms with van der Waals surface area (Å²) in [6.45, 7) is 0. The Hall–Kier alpha value is -5.30. The number of anilines is 1. The molecule has 0 aliphatic heterocycles. The highest BCUT2D eigenvalue weighted by atomic mass is 32.2. The fourth-order valence-electron chi connectivity index (χ4n) is 4.88. The van der Waals surface area contributed by atoms with E-state index < -0.39 is 27.6 Å². The molecule has 3 aromatic carbocycles. The molecular formula is C31H24F2N4O6S. The normalized spacial score (nSPS) is 11.7. The third-order valence-corrected chi connectivity index (χ3v) is 8.36. The summed E-state index contributed by atoms with van der Waals surface area (Å²) in [5.74, 6) is -1.01. The van der Waals surface area contributed by atoms with Gasteiger partial charge in [0.2, 0.25) is 15.9 Å². The van der Waals surface area contributed by atoms with Gasteiger partial charge in [0, 0.05) is 36.7 Å². The molecule has 6 rings (SSSR count). The number of para-hydroxylation sites is 1. The molecule has 0 atom stereocenters. The van der Waals surface area contributed by atoms with Crippen LogP contribution in [0.15, 0.2) is 75.7 Å². The molecule has 0 aliphatic carbocycles. The lowest BCUT2D eigenvalue weighted by molar-refractivity contribution is 0.0964. The molecule has 0 saturated heterocycles. The number of aromatic nitrogens is 2. The molecule has 0 spiro atoms. The number of fused-ring (bicyclic) bond motifs is 2. The van der Waals surface area contributed by atoms with Crippen LogP contribution < -0.4 is 14.4 Å². The number of sulfonamides is 1. The number of benzene rings is 3. The number of hydrogen-bond acceptors (Lipinski definition) is 8. The number of ether oxygens (including phenoxy) is 1. The number of methoxy groups -OCH3 is 1. The maximum absolute atomic E-state index is 14.4. The van der Waals surface area contributed by atoms with E-state index >= 15 is 0 Å². The van der Waals surface area contributed by atoms with Crippen molar-refractivity contribution in [3.8, 4) is 39.8 Å². The fourth-order valence-corrected chi connectivity index (χ4v) is 5.39. The fraction of sp³-hybridized carbons (Fsp3) is 0.129. The molecule has 10 nitrogen and oxygen atoms in total. The molecule has 0 unspecified atom stereocenters. The molecule has 3 heterocycles. The number of carbonyl (C=O) groups is 1. The topological polar surface area (TPSA) is 128 Å². The van der Waals surface area contributed by atoms with E-state index in [0.717, 1.165) is 10.6 Å². The van der Waals surface area contributed by atoms with Crippen LogP contribution in [0.5, 0.6) is 5.75 Å². The third-order valence-electron chi connectivity index (χ3n) is 7.17. The predicted molar refractivity (Wildman–Crippen MR) is 161 cm³/mol. The van der Waals surface area contributed by atoms with Gasteiger partial charge >= 0.3 is 0 Å². The monoisotopic (exact) mass is 618 g/mol. The lowest BCUT2D eigenvalue weighted by Gasteiger charge is -2.20. The number of halogens is 2. The minimum absolute atomic E-state index is 0.0313. The highest BCUT2D eigenvalue weighted by Crippen LogP contribution is 2.42. The highest BCUT2D eigenvalue weighted by Gasteiger charge is 2.27. The number of pyridine rings is 1. The average Bonchev–Trinajstić information content (AvgIpc) is 3.62. The Bertz CT molecular complexity index is 2190. The van der Waals surface area contributed by atoms with Gasteiger partial charge in [0.25, 0.3) is 5.91 Å². The zero-order chi connectivity index (χ0) is 31.3. The lowest BCUT2D eigenvalue weighted by Crippen LogP contribution is -2.25. The number of furan rings is 1. The second-order valence-electron chi connectivity index (χ2n) is 9.86. The summed E-state index contributed by atoms with van der Waals surface area (Å²) in [6, 6.07) is 14.4. The molecule has 0 bridgehead atoms. The van der Waals surface area contributed by atoms with Crippen LogP contribution in [-0.4, -0.2) is 51.8 Å². The minimum Gasteiger partial charge on any atom is -0.494 e. The van der Waals surface area contributed by atoms with Gasteiger partial charge in [-0.3, -0.25) is 14.1 Å². The first-order chi connectivity index (χ1) is 21.0. The molecule has 0 aliphatic rings. The molecule has 0 radical (unpaired) electrons. The first-order valence-electron chi connectivity index (χ1n) is 13.1. The van der Waals surface area contributed by atoms with Crippen LogP contribution in [0.25, 0.3) is 56.1 Å². The summed E-state index contributed by atoms with van der Waals surface area (Å²) in [6.07, 6.45) is 2.45. The Balaban J connectivity index is 1.64. The largest absolute Gasteiger partial charge is 0.494 e. The molecule has 1 amide bonds. The summed E-state index contributed by atoms with van der Waals surface area (Å²) in [5, 5.41) is 2.96. The van der Waals surface area contributed by atoms with Gasteiger partial charge in [-0.1, -0.05) is 6.07 Å². The highest BCUT2D eigenvalue weighted by molar-refractivity contribution is 7.92. The van der Waals surface area contributed by atoms with E-state index in [1.54, 1.807) is 18.2 Å². The smallest absolute Gasteiger partial charge is 0.255 e. The van der Waals surface area contributed by atoms with Gasteiger partial charge in [-0.25, -0.2) is 22.2 Å². The number of amides is 1. The number of nitrogens with one attached hydrogen (secondary N) is 1. The number of rotatable bonds is 7. The van der Waals surface area contributed by atoms with Crippen LogP contribution in [0.4, 0.5) is 14.5 Å². The van der Waals surface area contributed by atoms with E-state index in [-0.39, 0.29) is 51.0 Å². The zero-order valence-corrected chi connectivity index (χ0v) is 24.6. The molecule has 6 aromatic rings. The van der Waals surface area contributed by atoms with Crippen molar-refractivity contribution >= 4 is 43.7 Å². The lowest BCUT2D eigenvalue weighted by atomic mass is 10.00. The van der Waals surface area contributed by atoms with Crippen LogP contribution in [0.1, 0.15) is 10.4 Å². The molecule has 3 aromatic heterocycles. The SMILES string of the molecule is CNC(=O)c1c(-c2ccc(F)cc2)oc2cc(N(C)S(C)(=O)=O)c(-c3cc(-c4nc5c(F)cccc5o4)c(OC)cn3)cc12. The maximum Gasteiger partial charge on any atom is 0.255 e. The predicted octanol–water partition coefficient (Wildman–Crippen LogP) is 6.01. The van der Waals surface area contributed by atoms with Gasteiger partial charge < -0.3 is 18.9 Å². The van der Waals surface area contributed by atoms with Crippen LogP contribution in [0.2, 0.25) is 0 Å². The number of hydrogen-bond donors (Lipinski definition) is 1. The molecule has 0 saturated carbocycles. The van der Waals surface area contributed by atoms with E-state index in [9.17, 15) is 22.0 Å². The Morgan fingerprint density at radius 2 is 1.75 bits per heavy atom. The first kappa shape index (κ1) is 28.8. The van der Waals surface area contributed by atoms with Crippen molar-refractivity contribution in [1.29, 1.82) is 0 Å². The second kappa shape index (κ2) is 10.8. The Kier molecular flexibility index (Phi) is 7.04. The maximum atomic E-state index is 14.4. The minimum atomic E-state index is -3.79. The van der Waals surface area contributed by atoms with Crippen LogP contribution >= 0.6 is 0 Å². The van der Waals surface area contributed by atoms with E-state index in [1.807, 2.05) is 0 Å². The van der Waals surface area contributed by atoms with Gasteiger partial charge in [-0.2, -0.15) is 0 Å². The quantitative estimate of drug-likeness (QED) is 0.230. The van der Waals surface area contributed by atoms with Gasteiger partial charge in [0.15, 0.2) is 11.4 Å². The van der Waals surface area contributed by atoms with Crippen molar-refractivity contribution in [3.63, 3.8) is 0 Å². The number of carbonyl (C=O) groups excluding carboxylic acids is 1. The first-order valence-corrected chi connectivity index (χ1v) is 15.0. The Labute approximate surface area is 249 Å². The average molecular weight is 619 g/mol. The Morgan fingerprint density at radius 1 is 1.00 bits per heavy atom. The molecule has 44 heavy (non-hydrogen) atoms. The molecule has 224 valence electrons. The van der Waals surface area contributed by atoms with Crippen LogP contribution in [0.3, 0.4) is 0 Å². The van der Waals surface area contributed by atoms with E-state index in [0.29, 0.717) is 22.1 Å². The van der Waals surface area contributed by atoms with Gasteiger partial charge in [0.05, 0.1) is 42.1 Å². The summed E-state index contributed by atoms with van der Waals surface area (Å²) < 4.78 is 72.1. The second-order valence-corrected chi connectivity index (χ2v) is 11.9. The van der Waals surface area contributed by atoms with E-state index in [4.69, 9.17) is 13.6 Å². The van der Waals surface area contributed by atoms with Gasteiger partial charge in [-0.15, -0.1) is 0 Å². The standard InChI is InChI=1S/C31H24F2N4O6S/c1-34-30(38)27-19-12-18(22-13-20(26(41-3)15-35-22)31-36-28-21(33)6-5-7-24(28)43-31)23(37(2)44(4,39)40)14-25(19)42-29(27)16-8-10-17(32)11-9-16/h5-15H,1-4H3,(H,34,38). The van der Waals surface area contributed by atoms with Crippen molar-refractivity contribution in [2.24, 2.45) is 0 Å². The van der Waals surface area contributed by atoms with Crippen molar-refractivity contribution < 1.29 is 35.6 Å². The zero-order valence-electron chi connectivity index (χ0n) is 23.8. The van der Waals surface area contributed by atoms with Crippen molar-refractivity contribution in [3.05, 3.63) is 84.1 Å². The van der Waals surface area contributed by atoms with Crippen molar-refractivity contribution in [2.45, 2.75) is 0 Å². The van der Waals surface area contributed by atoms with Crippen molar-refractivity contribution in [1.82, 2.24) is 15.3 Å². The number of nitrogens with zero attached hydrogens (tertiary/aromatic N) is 3.